The summed E-state index contributed by atoms with van der Waals surface area (Å²) in [5, 5.41) is 8.70. The summed E-state index contributed by atoms with van der Waals surface area (Å²) in [6, 6.07) is 7.29. The first-order chi connectivity index (χ1) is 10.5. The number of aliphatic hydroxyl groups is 1. The quantitative estimate of drug-likeness (QED) is 0.587. The van der Waals surface area contributed by atoms with Gasteiger partial charge in [-0.15, -0.1) is 0 Å². The highest BCUT2D eigenvalue weighted by Gasteiger charge is 2.21. The van der Waals surface area contributed by atoms with E-state index >= 15 is 0 Å². The molecule has 0 aliphatic heterocycles. The van der Waals surface area contributed by atoms with Crippen molar-refractivity contribution in [1.82, 2.24) is 0 Å². The lowest BCUT2D eigenvalue weighted by atomic mass is 9.89. The molecule has 1 aromatic rings. The van der Waals surface area contributed by atoms with Crippen LogP contribution in [0.4, 0.5) is 0 Å². The minimum atomic E-state index is -0.349. The van der Waals surface area contributed by atoms with Gasteiger partial charge in [0.25, 0.3) is 0 Å². The molecule has 0 aliphatic rings. The Kier molecular flexibility index (Phi) is 9.90. The number of hydrogen-bond donors (Lipinski definition) is 1. The minimum Gasteiger partial charge on any atom is -0.463 e. The molecule has 1 rings (SSSR count). The van der Waals surface area contributed by atoms with Crippen molar-refractivity contribution in [3.8, 4) is 5.75 Å². The van der Waals surface area contributed by atoms with Gasteiger partial charge in [-0.25, -0.2) is 0 Å². The molecule has 0 saturated carbocycles. The van der Waals surface area contributed by atoms with Crippen LogP contribution in [-0.2, 0) is 14.3 Å². The molecule has 0 radical (unpaired) electrons. The molecule has 0 spiro atoms. The van der Waals surface area contributed by atoms with Gasteiger partial charge >= 0.3 is 11.9 Å². The van der Waals surface area contributed by atoms with Crippen molar-refractivity contribution in [2.75, 3.05) is 13.2 Å². The molecule has 0 bridgehead atoms. The smallest absolute Gasteiger partial charge is 0.309 e. The van der Waals surface area contributed by atoms with Crippen LogP contribution in [0.3, 0.4) is 0 Å². The summed E-state index contributed by atoms with van der Waals surface area (Å²) in [5.41, 5.74) is 1.07. The van der Waals surface area contributed by atoms with Gasteiger partial charge in [-0.05, 0) is 36.5 Å². The second kappa shape index (κ2) is 10.8. The lowest BCUT2D eigenvalue weighted by Crippen LogP contribution is -2.20. The number of esters is 2. The number of benzene rings is 1. The van der Waals surface area contributed by atoms with Crippen LogP contribution in [-0.4, -0.2) is 30.3 Å². The van der Waals surface area contributed by atoms with Gasteiger partial charge in [-0.1, -0.05) is 33.4 Å². The van der Waals surface area contributed by atoms with E-state index < -0.39 is 0 Å². The van der Waals surface area contributed by atoms with Crippen LogP contribution in [0, 0.1) is 5.92 Å². The Balaban J connectivity index is 0.00000484. The number of carbonyl (C=O) groups is 2. The van der Waals surface area contributed by atoms with Crippen LogP contribution in [0.5, 0.6) is 5.75 Å². The lowest BCUT2D eigenvalue weighted by molar-refractivity contribution is -0.150. The summed E-state index contributed by atoms with van der Waals surface area (Å²) in [7, 11) is 0. The molecule has 23 heavy (non-hydrogen) atoms. The molecule has 2 atom stereocenters. The molecule has 0 fully saturated rings. The highest BCUT2D eigenvalue weighted by atomic mass is 16.5. The summed E-state index contributed by atoms with van der Waals surface area (Å²) < 4.78 is 9.99. The fraction of sp³-hybridized carbons (Fsp3) is 0.556. The van der Waals surface area contributed by atoms with Crippen molar-refractivity contribution in [2.45, 2.75) is 47.0 Å². The van der Waals surface area contributed by atoms with Crippen LogP contribution in [0.1, 0.15) is 52.5 Å². The zero-order chi connectivity index (χ0) is 16.5. The van der Waals surface area contributed by atoms with E-state index in [2.05, 4.69) is 0 Å². The van der Waals surface area contributed by atoms with Crippen LogP contribution in [0.15, 0.2) is 24.3 Å². The topological polar surface area (TPSA) is 72.8 Å². The molecule has 5 nitrogen and oxygen atoms in total. The third-order valence-corrected chi connectivity index (χ3v) is 3.51. The summed E-state index contributed by atoms with van der Waals surface area (Å²) in [6.07, 6.45) is 1.37. The Morgan fingerprint density at radius 3 is 2.30 bits per heavy atom. The lowest BCUT2D eigenvalue weighted by Gasteiger charge is -2.19. The van der Waals surface area contributed by atoms with Crippen molar-refractivity contribution in [3.63, 3.8) is 0 Å². The van der Waals surface area contributed by atoms with Gasteiger partial charge in [0.15, 0.2) is 0 Å². The van der Waals surface area contributed by atoms with Crippen LogP contribution < -0.4 is 4.74 Å². The van der Waals surface area contributed by atoms with E-state index in [-0.39, 0.29) is 44.4 Å². The van der Waals surface area contributed by atoms with Gasteiger partial charge in [0.05, 0.1) is 12.5 Å². The molecule has 130 valence electrons. The molecule has 0 heterocycles. The molecule has 2 unspecified atom stereocenters. The summed E-state index contributed by atoms with van der Waals surface area (Å²) >= 11 is 0. The summed E-state index contributed by atoms with van der Waals surface area (Å²) in [4.78, 5) is 22.8. The average Bonchev–Trinajstić information content (AvgIpc) is 2.50. The van der Waals surface area contributed by atoms with Crippen molar-refractivity contribution in [2.24, 2.45) is 5.92 Å². The second-order valence-corrected chi connectivity index (χ2v) is 5.30. The van der Waals surface area contributed by atoms with Crippen molar-refractivity contribution in [3.05, 3.63) is 29.8 Å². The van der Waals surface area contributed by atoms with Gasteiger partial charge in [0, 0.05) is 6.92 Å². The maximum absolute atomic E-state index is 11.9. The van der Waals surface area contributed by atoms with Gasteiger partial charge in [-0.2, -0.15) is 0 Å². The highest BCUT2D eigenvalue weighted by Crippen LogP contribution is 2.27. The predicted molar refractivity (Wildman–Crippen MR) is 89.3 cm³/mol. The Bertz CT molecular complexity index is 481. The Labute approximate surface area is 138 Å². The molecule has 0 saturated heterocycles. The van der Waals surface area contributed by atoms with Crippen molar-refractivity contribution in [1.29, 1.82) is 0 Å². The fourth-order valence-electron chi connectivity index (χ4n) is 2.29. The average molecular weight is 324 g/mol. The molecule has 0 amide bonds. The molecule has 0 aromatic heterocycles. The maximum Gasteiger partial charge on any atom is 0.309 e. The Morgan fingerprint density at radius 1 is 1.22 bits per heavy atom. The normalized spacial score (nSPS) is 12.7. The fourth-order valence-corrected chi connectivity index (χ4v) is 2.29. The maximum atomic E-state index is 11.9. The zero-order valence-electron chi connectivity index (χ0n) is 13.4. The second-order valence-electron chi connectivity index (χ2n) is 5.30. The van der Waals surface area contributed by atoms with E-state index in [1.807, 2.05) is 26.0 Å². The number of hydrogen-bond acceptors (Lipinski definition) is 5. The Hall–Kier alpha value is -1.88. The van der Waals surface area contributed by atoms with Crippen LogP contribution >= 0.6 is 0 Å². The molecule has 5 heteroatoms. The Morgan fingerprint density at radius 2 is 1.83 bits per heavy atom. The van der Waals surface area contributed by atoms with Gasteiger partial charge < -0.3 is 14.6 Å². The zero-order valence-corrected chi connectivity index (χ0v) is 13.4. The first kappa shape index (κ1) is 21.1. The summed E-state index contributed by atoms with van der Waals surface area (Å²) in [6.45, 7) is 5.24. The first-order valence-electron chi connectivity index (χ1n) is 7.53. The van der Waals surface area contributed by atoms with Gasteiger partial charge in [0.2, 0.25) is 0 Å². The molecule has 1 aromatic carbocycles. The van der Waals surface area contributed by atoms with E-state index in [4.69, 9.17) is 14.6 Å². The standard InChI is InChI=1S/C17H24O5.CH4/c1-4-14(17(20)21-10-9-18)11-12(2)15-5-7-16(8-6-15)22-13(3)19;/h5-8,12,14,18H,4,9-11H2,1-3H3;1H4. The largest absolute Gasteiger partial charge is 0.463 e. The van der Waals surface area contributed by atoms with Crippen molar-refractivity contribution < 1.29 is 24.2 Å². The van der Waals surface area contributed by atoms with E-state index in [1.54, 1.807) is 12.1 Å². The molecular formula is C18H28O5. The molecule has 0 aliphatic carbocycles. The minimum absolute atomic E-state index is 0. The monoisotopic (exact) mass is 324 g/mol. The van der Waals surface area contributed by atoms with Gasteiger partial charge in [-0.3, -0.25) is 9.59 Å². The summed E-state index contributed by atoms with van der Waals surface area (Å²) in [5.74, 6) is -0.107. The molecular weight excluding hydrogens is 296 g/mol. The number of carbonyl (C=O) groups excluding carboxylic acids is 2. The van der Waals surface area contributed by atoms with Crippen LogP contribution in [0.2, 0.25) is 0 Å². The van der Waals surface area contributed by atoms with E-state index in [0.29, 0.717) is 18.6 Å². The highest BCUT2D eigenvalue weighted by molar-refractivity contribution is 5.72. The van der Waals surface area contributed by atoms with E-state index in [9.17, 15) is 9.59 Å². The van der Waals surface area contributed by atoms with Crippen LogP contribution in [0.25, 0.3) is 0 Å². The van der Waals surface area contributed by atoms with Gasteiger partial charge in [0.1, 0.15) is 12.4 Å². The number of ether oxygens (including phenoxy) is 2. The number of aliphatic hydroxyl groups excluding tert-OH is 1. The first-order valence-corrected chi connectivity index (χ1v) is 7.53. The number of rotatable bonds is 8. The van der Waals surface area contributed by atoms with E-state index in [1.165, 1.54) is 6.92 Å². The SMILES string of the molecule is C.CCC(CC(C)c1ccc(OC(C)=O)cc1)C(=O)OCCO. The molecule has 1 N–H and O–H groups in total. The third-order valence-electron chi connectivity index (χ3n) is 3.51. The van der Waals surface area contributed by atoms with E-state index in [0.717, 1.165) is 5.56 Å². The third kappa shape index (κ3) is 7.28. The van der Waals surface area contributed by atoms with Crippen molar-refractivity contribution >= 4 is 11.9 Å². The predicted octanol–water partition coefficient (Wildman–Crippen LogP) is 3.30.